The van der Waals surface area contributed by atoms with Crippen LogP contribution in [0.1, 0.15) is 55.5 Å². The first-order valence-electron chi connectivity index (χ1n) is 9.34. The molecule has 3 heteroatoms. The van der Waals surface area contributed by atoms with Crippen molar-refractivity contribution < 1.29 is 0 Å². The molecule has 2 heterocycles. The van der Waals surface area contributed by atoms with Crippen LogP contribution < -0.4 is 5.32 Å². The number of nitrogens with zero attached hydrogens (tertiary/aromatic N) is 1. The molecule has 0 saturated carbocycles. The Bertz CT molecular complexity index is 679. The lowest BCUT2D eigenvalue weighted by Crippen LogP contribution is -2.44. The summed E-state index contributed by atoms with van der Waals surface area (Å²) in [5, 5.41) is 5.43. The Morgan fingerprint density at radius 3 is 2.83 bits per heavy atom. The van der Waals surface area contributed by atoms with Crippen molar-refractivity contribution in [2.24, 2.45) is 0 Å². The number of aromatic amines is 1. The monoisotopic (exact) mass is 311 g/mol. The molecule has 2 N–H and O–H groups in total. The molecule has 23 heavy (non-hydrogen) atoms. The maximum atomic E-state index is 3.98. The number of rotatable bonds is 3. The number of aryl methyl sites for hydroxylation is 2. The Morgan fingerprint density at radius 2 is 2.04 bits per heavy atom. The van der Waals surface area contributed by atoms with Gasteiger partial charge in [0.1, 0.15) is 0 Å². The molecule has 4 rings (SSSR count). The number of H-pyrrole nitrogens is 1. The minimum absolute atomic E-state index is 0.518. The number of fused-ring (bicyclic) bond motifs is 3. The second-order valence-corrected chi connectivity index (χ2v) is 7.39. The number of piperidine rings is 1. The summed E-state index contributed by atoms with van der Waals surface area (Å²) in [7, 11) is 0. The Hall–Kier alpha value is -1.32. The van der Waals surface area contributed by atoms with Crippen molar-refractivity contribution in [3.05, 3.63) is 35.0 Å². The molecule has 0 amide bonds. The second kappa shape index (κ2) is 6.29. The predicted molar refractivity (Wildman–Crippen MR) is 97.0 cm³/mol. The van der Waals surface area contributed by atoms with Gasteiger partial charge in [-0.25, -0.2) is 0 Å². The Kier molecular flexibility index (Phi) is 4.16. The smallest absolute Gasteiger partial charge is 0.0478 e. The van der Waals surface area contributed by atoms with Gasteiger partial charge in [-0.05, 0) is 76.4 Å². The van der Waals surface area contributed by atoms with Crippen molar-refractivity contribution in [1.29, 1.82) is 0 Å². The van der Waals surface area contributed by atoms with E-state index in [9.17, 15) is 0 Å². The molecule has 1 aromatic carbocycles. The van der Waals surface area contributed by atoms with E-state index in [-0.39, 0.29) is 0 Å². The van der Waals surface area contributed by atoms with Gasteiger partial charge in [0, 0.05) is 28.7 Å². The van der Waals surface area contributed by atoms with E-state index in [2.05, 4.69) is 47.2 Å². The molecular weight excluding hydrogens is 282 g/mol. The minimum atomic E-state index is 0.518. The molecule has 1 unspecified atom stereocenters. The van der Waals surface area contributed by atoms with E-state index < -0.39 is 0 Å². The summed E-state index contributed by atoms with van der Waals surface area (Å²) >= 11 is 0. The van der Waals surface area contributed by atoms with Crippen molar-refractivity contribution in [2.75, 3.05) is 19.6 Å². The van der Waals surface area contributed by atoms with Gasteiger partial charge in [0.25, 0.3) is 0 Å². The fraction of sp³-hybridized carbons (Fsp3) is 0.600. The van der Waals surface area contributed by atoms with Crippen molar-refractivity contribution >= 4 is 10.9 Å². The quantitative estimate of drug-likeness (QED) is 0.900. The molecular formula is C20H29N3. The van der Waals surface area contributed by atoms with E-state index in [4.69, 9.17) is 0 Å². The number of aromatic nitrogens is 1. The topological polar surface area (TPSA) is 31.1 Å². The van der Waals surface area contributed by atoms with Crippen LogP contribution in [-0.4, -0.2) is 35.6 Å². The van der Waals surface area contributed by atoms with Gasteiger partial charge in [0.05, 0.1) is 0 Å². The number of hydrogen-bond acceptors (Lipinski definition) is 2. The lowest BCUT2D eigenvalue weighted by atomic mass is 9.90. The maximum absolute atomic E-state index is 3.98. The van der Waals surface area contributed by atoms with Gasteiger partial charge in [0.15, 0.2) is 0 Å². The van der Waals surface area contributed by atoms with Crippen LogP contribution in [0.25, 0.3) is 10.9 Å². The largest absolute Gasteiger partial charge is 0.357 e. The SMILES string of the molecule is CCN1CCC(NC2CCCc3c2[nH]c2ccc(C)cc32)CC1. The summed E-state index contributed by atoms with van der Waals surface area (Å²) in [4.78, 5) is 6.30. The molecule has 2 aromatic rings. The van der Waals surface area contributed by atoms with E-state index in [1.165, 1.54) is 73.9 Å². The molecule has 1 atom stereocenters. The number of benzene rings is 1. The maximum Gasteiger partial charge on any atom is 0.0478 e. The van der Waals surface area contributed by atoms with Crippen molar-refractivity contribution in [1.82, 2.24) is 15.2 Å². The normalized spacial score (nSPS) is 23.3. The Morgan fingerprint density at radius 1 is 1.22 bits per heavy atom. The van der Waals surface area contributed by atoms with Crippen LogP contribution in [0, 0.1) is 6.92 Å². The molecule has 2 aliphatic rings. The molecule has 1 aliphatic heterocycles. The zero-order valence-electron chi connectivity index (χ0n) is 14.5. The molecule has 0 spiro atoms. The Labute approximate surface area is 139 Å². The van der Waals surface area contributed by atoms with Crippen LogP contribution in [0.2, 0.25) is 0 Å². The highest BCUT2D eigenvalue weighted by atomic mass is 15.1. The van der Waals surface area contributed by atoms with E-state index in [0.29, 0.717) is 12.1 Å². The molecule has 3 nitrogen and oxygen atoms in total. The standard InChI is InChI=1S/C20H29N3/c1-3-23-11-9-15(10-12-23)21-19-6-4-5-16-17-13-14(2)7-8-18(17)22-20(16)19/h7-8,13,15,19,21-22H,3-6,9-12H2,1-2H3. The van der Waals surface area contributed by atoms with E-state index in [0.717, 1.165) is 0 Å². The van der Waals surface area contributed by atoms with Gasteiger partial charge < -0.3 is 15.2 Å². The van der Waals surface area contributed by atoms with Crippen LogP contribution in [0.3, 0.4) is 0 Å². The summed E-state index contributed by atoms with van der Waals surface area (Å²) in [6.45, 7) is 8.16. The van der Waals surface area contributed by atoms with Crippen LogP contribution in [0.15, 0.2) is 18.2 Å². The highest BCUT2D eigenvalue weighted by Gasteiger charge is 2.27. The summed E-state index contributed by atoms with van der Waals surface area (Å²) in [5.74, 6) is 0. The molecule has 0 bridgehead atoms. The predicted octanol–water partition coefficient (Wildman–Crippen LogP) is 3.93. The zero-order valence-corrected chi connectivity index (χ0v) is 14.5. The van der Waals surface area contributed by atoms with Gasteiger partial charge in [-0.2, -0.15) is 0 Å². The lowest BCUT2D eigenvalue weighted by molar-refractivity contribution is 0.195. The number of likely N-dealkylation sites (tertiary alicyclic amines) is 1. The van der Waals surface area contributed by atoms with Crippen LogP contribution >= 0.6 is 0 Å². The third-order valence-electron chi connectivity index (χ3n) is 5.83. The average molecular weight is 311 g/mol. The molecule has 0 radical (unpaired) electrons. The van der Waals surface area contributed by atoms with Gasteiger partial charge >= 0.3 is 0 Å². The highest BCUT2D eigenvalue weighted by molar-refractivity contribution is 5.85. The van der Waals surface area contributed by atoms with Crippen LogP contribution in [0.5, 0.6) is 0 Å². The number of nitrogens with one attached hydrogen (secondary N) is 2. The fourth-order valence-corrected chi connectivity index (χ4v) is 4.44. The Balaban J connectivity index is 1.55. The van der Waals surface area contributed by atoms with Gasteiger partial charge in [-0.1, -0.05) is 18.6 Å². The summed E-state index contributed by atoms with van der Waals surface area (Å²) in [5.41, 5.74) is 5.71. The van der Waals surface area contributed by atoms with Gasteiger partial charge in [0.2, 0.25) is 0 Å². The number of hydrogen-bond donors (Lipinski definition) is 2. The fourth-order valence-electron chi connectivity index (χ4n) is 4.44. The first-order valence-corrected chi connectivity index (χ1v) is 9.34. The van der Waals surface area contributed by atoms with Gasteiger partial charge in [-0.15, -0.1) is 0 Å². The zero-order chi connectivity index (χ0) is 15.8. The molecule has 1 saturated heterocycles. The average Bonchev–Trinajstić information content (AvgIpc) is 2.95. The first-order chi connectivity index (χ1) is 11.2. The van der Waals surface area contributed by atoms with Crippen molar-refractivity contribution in [2.45, 2.75) is 58.0 Å². The van der Waals surface area contributed by atoms with E-state index >= 15 is 0 Å². The molecule has 1 fully saturated rings. The van der Waals surface area contributed by atoms with E-state index in [1.807, 2.05) is 0 Å². The highest BCUT2D eigenvalue weighted by Crippen LogP contribution is 2.35. The van der Waals surface area contributed by atoms with Gasteiger partial charge in [-0.3, -0.25) is 0 Å². The lowest BCUT2D eigenvalue weighted by Gasteiger charge is -2.35. The summed E-state index contributed by atoms with van der Waals surface area (Å²) in [6, 6.07) is 8.02. The third-order valence-corrected chi connectivity index (χ3v) is 5.83. The molecule has 1 aromatic heterocycles. The molecule has 124 valence electrons. The first kappa shape index (κ1) is 15.2. The minimum Gasteiger partial charge on any atom is -0.357 e. The van der Waals surface area contributed by atoms with Crippen LogP contribution in [-0.2, 0) is 6.42 Å². The third kappa shape index (κ3) is 2.92. The van der Waals surface area contributed by atoms with Crippen LogP contribution in [0.4, 0.5) is 0 Å². The summed E-state index contributed by atoms with van der Waals surface area (Å²) in [6.07, 6.45) is 6.38. The van der Waals surface area contributed by atoms with E-state index in [1.54, 1.807) is 5.56 Å². The van der Waals surface area contributed by atoms with Crippen molar-refractivity contribution in [3.8, 4) is 0 Å². The molecule has 1 aliphatic carbocycles. The second-order valence-electron chi connectivity index (χ2n) is 7.39. The van der Waals surface area contributed by atoms with Crippen molar-refractivity contribution in [3.63, 3.8) is 0 Å². The summed E-state index contributed by atoms with van der Waals surface area (Å²) < 4.78 is 0.